The van der Waals surface area contributed by atoms with Gasteiger partial charge in [0.15, 0.2) is 5.69 Å². The monoisotopic (exact) mass is 312 g/mol. The Morgan fingerprint density at radius 1 is 1.22 bits per heavy atom. The van der Waals surface area contributed by atoms with Crippen LogP contribution in [0.2, 0.25) is 0 Å². The van der Waals surface area contributed by atoms with E-state index in [1.54, 1.807) is 10.9 Å². The number of hydrogen-bond donors (Lipinski definition) is 1. The molecule has 23 heavy (non-hydrogen) atoms. The maximum Gasteiger partial charge on any atom is 0.273 e. The Balaban J connectivity index is 1.61. The van der Waals surface area contributed by atoms with Crippen LogP contribution >= 0.6 is 0 Å². The van der Waals surface area contributed by atoms with Crippen molar-refractivity contribution in [2.45, 2.75) is 52.0 Å². The molecule has 3 rings (SSSR count). The van der Waals surface area contributed by atoms with E-state index < -0.39 is 0 Å². The number of carbonyl (C=O) groups is 1. The molecule has 1 aliphatic rings. The molecule has 1 aliphatic carbocycles. The van der Waals surface area contributed by atoms with Gasteiger partial charge in [0.2, 0.25) is 0 Å². The largest absolute Gasteiger partial charge is 0.348 e. The van der Waals surface area contributed by atoms with Crippen LogP contribution in [0.4, 0.5) is 0 Å². The highest BCUT2D eigenvalue weighted by atomic mass is 16.2. The Morgan fingerprint density at radius 2 is 1.91 bits per heavy atom. The molecule has 1 amide bonds. The minimum Gasteiger partial charge on any atom is -0.348 e. The van der Waals surface area contributed by atoms with Gasteiger partial charge in [-0.05, 0) is 50.7 Å². The first-order valence-electron chi connectivity index (χ1n) is 8.46. The molecule has 1 heterocycles. The van der Waals surface area contributed by atoms with E-state index >= 15 is 0 Å². The average molecular weight is 312 g/mol. The second-order valence-electron chi connectivity index (χ2n) is 6.48. The van der Waals surface area contributed by atoms with Gasteiger partial charge in [-0.1, -0.05) is 36.3 Å². The summed E-state index contributed by atoms with van der Waals surface area (Å²) in [5.41, 5.74) is 2.48. The third kappa shape index (κ3) is 3.78. The lowest BCUT2D eigenvalue weighted by molar-refractivity contribution is 0.0916. The maximum atomic E-state index is 12.3. The number of rotatable bonds is 4. The normalized spacial score (nSPS) is 21.1. The Bertz CT molecular complexity index is 654. The second-order valence-corrected chi connectivity index (χ2v) is 6.48. The SMILES string of the molecule is CCC1CCC(NC(=O)c2cn(-c3ccc(C)cc3)nn2)CC1. The van der Waals surface area contributed by atoms with Crippen molar-refractivity contribution in [1.82, 2.24) is 20.3 Å². The number of carbonyl (C=O) groups excluding carboxylic acids is 1. The molecular weight excluding hydrogens is 288 g/mol. The molecule has 122 valence electrons. The van der Waals surface area contributed by atoms with Crippen LogP contribution in [0.1, 0.15) is 55.1 Å². The van der Waals surface area contributed by atoms with E-state index in [9.17, 15) is 4.79 Å². The molecule has 0 atom stereocenters. The molecule has 1 aromatic carbocycles. The zero-order chi connectivity index (χ0) is 16.2. The molecule has 2 aromatic rings. The molecule has 0 aliphatic heterocycles. The lowest BCUT2D eigenvalue weighted by Crippen LogP contribution is -2.37. The molecule has 0 unspecified atom stereocenters. The predicted octanol–water partition coefficient (Wildman–Crippen LogP) is 3.27. The van der Waals surface area contributed by atoms with Crippen molar-refractivity contribution in [3.05, 3.63) is 41.7 Å². The summed E-state index contributed by atoms with van der Waals surface area (Å²) in [5, 5.41) is 11.2. The molecule has 1 fully saturated rings. The average Bonchev–Trinajstić information content (AvgIpc) is 3.06. The lowest BCUT2D eigenvalue weighted by atomic mass is 9.84. The van der Waals surface area contributed by atoms with Crippen LogP contribution in [-0.4, -0.2) is 26.9 Å². The van der Waals surface area contributed by atoms with Crippen molar-refractivity contribution < 1.29 is 4.79 Å². The summed E-state index contributed by atoms with van der Waals surface area (Å²) in [6.45, 7) is 4.28. The van der Waals surface area contributed by atoms with Gasteiger partial charge in [0.25, 0.3) is 5.91 Å². The van der Waals surface area contributed by atoms with Crippen molar-refractivity contribution in [3.63, 3.8) is 0 Å². The Hall–Kier alpha value is -2.17. The summed E-state index contributed by atoms with van der Waals surface area (Å²) in [4.78, 5) is 12.3. The molecule has 5 nitrogen and oxygen atoms in total. The fourth-order valence-corrected chi connectivity index (χ4v) is 3.17. The molecule has 0 spiro atoms. The summed E-state index contributed by atoms with van der Waals surface area (Å²) < 4.78 is 1.64. The number of amides is 1. The Morgan fingerprint density at radius 3 is 2.57 bits per heavy atom. The van der Waals surface area contributed by atoms with Gasteiger partial charge in [0, 0.05) is 6.04 Å². The Labute approximate surface area is 137 Å². The fourth-order valence-electron chi connectivity index (χ4n) is 3.17. The van der Waals surface area contributed by atoms with Gasteiger partial charge < -0.3 is 5.32 Å². The summed E-state index contributed by atoms with van der Waals surface area (Å²) in [6.07, 6.45) is 7.48. The van der Waals surface area contributed by atoms with Crippen LogP contribution in [0, 0.1) is 12.8 Å². The molecule has 0 bridgehead atoms. The van der Waals surface area contributed by atoms with Gasteiger partial charge in [0.05, 0.1) is 11.9 Å². The van der Waals surface area contributed by atoms with E-state index in [-0.39, 0.29) is 11.9 Å². The van der Waals surface area contributed by atoms with Crippen LogP contribution in [0.15, 0.2) is 30.5 Å². The molecule has 5 heteroatoms. The number of nitrogens with one attached hydrogen (secondary N) is 1. The summed E-state index contributed by atoms with van der Waals surface area (Å²) in [7, 11) is 0. The standard InChI is InChI=1S/C18H24N4O/c1-3-14-6-8-15(9-7-14)19-18(23)17-12-22(21-20-17)16-10-4-13(2)5-11-16/h4-5,10-12,14-15H,3,6-9H2,1-2H3,(H,19,23). The third-order valence-electron chi connectivity index (χ3n) is 4.78. The van der Waals surface area contributed by atoms with Crippen LogP contribution in [0.3, 0.4) is 0 Å². The van der Waals surface area contributed by atoms with Crippen molar-refractivity contribution in [1.29, 1.82) is 0 Å². The molecule has 1 saturated carbocycles. The number of hydrogen-bond acceptors (Lipinski definition) is 3. The second kappa shape index (κ2) is 6.94. The van der Waals surface area contributed by atoms with Gasteiger partial charge in [0.1, 0.15) is 0 Å². The maximum absolute atomic E-state index is 12.3. The number of aromatic nitrogens is 3. The predicted molar refractivity (Wildman–Crippen MR) is 89.6 cm³/mol. The molecule has 1 aromatic heterocycles. The van der Waals surface area contributed by atoms with E-state index in [0.717, 1.165) is 24.4 Å². The summed E-state index contributed by atoms with van der Waals surface area (Å²) in [6, 6.07) is 8.25. The topological polar surface area (TPSA) is 59.8 Å². The number of nitrogens with zero attached hydrogens (tertiary/aromatic N) is 3. The van der Waals surface area contributed by atoms with Gasteiger partial charge in [-0.2, -0.15) is 0 Å². The third-order valence-corrected chi connectivity index (χ3v) is 4.78. The molecule has 1 N–H and O–H groups in total. The highest BCUT2D eigenvalue weighted by Gasteiger charge is 2.22. The zero-order valence-corrected chi connectivity index (χ0v) is 13.8. The Kier molecular flexibility index (Phi) is 4.74. The fraction of sp³-hybridized carbons (Fsp3) is 0.500. The van der Waals surface area contributed by atoms with Crippen LogP contribution < -0.4 is 5.32 Å². The number of benzene rings is 1. The van der Waals surface area contributed by atoms with E-state index in [0.29, 0.717) is 5.69 Å². The highest BCUT2D eigenvalue weighted by molar-refractivity contribution is 5.92. The van der Waals surface area contributed by atoms with Gasteiger partial charge in [-0.3, -0.25) is 4.79 Å². The first-order valence-corrected chi connectivity index (χ1v) is 8.46. The molecular formula is C18H24N4O. The van der Waals surface area contributed by atoms with E-state index in [4.69, 9.17) is 0 Å². The molecule has 0 saturated heterocycles. The quantitative estimate of drug-likeness (QED) is 0.942. The van der Waals surface area contributed by atoms with Gasteiger partial charge in [-0.25, -0.2) is 4.68 Å². The first-order chi connectivity index (χ1) is 11.2. The number of aryl methyl sites for hydroxylation is 1. The van der Waals surface area contributed by atoms with Crippen molar-refractivity contribution in [2.24, 2.45) is 5.92 Å². The smallest absolute Gasteiger partial charge is 0.273 e. The zero-order valence-electron chi connectivity index (χ0n) is 13.8. The van der Waals surface area contributed by atoms with Crippen LogP contribution in [0.25, 0.3) is 5.69 Å². The van der Waals surface area contributed by atoms with E-state index in [2.05, 4.69) is 22.6 Å². The van der Waals surface area contributed by atoms with Gasteiger partial charge >= 0.3 is 0 Å². The summed E-state index contributed by atoms with van der Waals surface area (Å²) in [5.74, 6) is 0.703. The van der Waals surface area contributed by atoms with Crippen LogP contribution in [0.5, 0.6) is 0 Å². The minimum absolute atomic E-state index is 0.122. The lowest BCUT2D eigenvalue weighted by Gasteiger charge is -2.28. The highest BCUT2D eigenvalue weighted by Crippen LogP contribution is 2.26. The molecule has 0 radical (unpaired) electrons. The van der Waals surface area contributed by atoms with Crippen LogP contribution in [-0.2, 0) is 0 Å². The van der Waals surface area contributed by atoms with Crippen molar-refractivity contribution in [3.8, 4) is 5.69 Å². The van der Waals surface area contributed by atoms with Crippen molar-refractivity contribution >= 4 is 5.91 Å². The van der Waals surface area contributed by atoms with E-state index in [1.807, 2.05) is 31.2 Å². The summed E-state index contributed by atoms with van der Waals surface area (Å²) >= 11 is 0. The van der Waals surface area contributed by atoms with E-state index in [1.165, 1.54) is 24.8 Å². The minimum atomic E-state index is -0.122. The van der Waals surface area contributed by atoms with Crippen molar-refractivity contribution in [2.75, 3.05) is 0 Å². The van der Waals surface area contributed by atoms with Gasteiger partial charge in [-0.15, -0.1) is 5.10 Å². The first kappa shape index (κ1) is 15.7.